The Labute approximate surface area is 142 Å². The second kappa shape index (κ2) is 5.65. The average molecular weight is 351 g/mol. The van der Waals surface area contributed by atoms with E-state index in [1.807, 2.05) is 0 Å². The molecule has 1 aliphatic rings. The van der Waals surface area contributed by atoms with Gasteiger partial charge in [-0.1, -0.05) is 29.3 Å². The number of nitrogens with one attached hydrogen (secondary N) is 1. The lowest BCUT2D eigenvalue weighted by Crippen LogP contribution is -2.11. The second-order valence-electron chi connectivity index (χ2n) is 5.65. The topological polar surface area (TPSA) is 42.2 Å². The largest absolute Gasteiger partial charge is 0.369 e. The van der Waals surface area contributed by atoms with Gasteiger partial charge in [-0.2, -0.15) is 9.61 Å². The van der Waals surface area contributed by atoms with Gasteiger partial charge in [0.2, 0.25) is 0 Å². The number of hydrogen-bond donors (Lipinski definition) is 1. The molecule has 0 saturated heterocycles. The Balaban J connectivity index is 1.96. The Morgan fingerprint density at radius 1 is 1.22 bits per heavy atom. The molecule has 0 bridgehead atoms. The van der Waals surface area contributed by atoms with Crippen molar-refractivity contribution in [3.8, 4) is 11.1 Å². The average Bonchev–Trinajstić information content (AvgIpc) is 3.23. The lowest BCUT2D eigenvalue weighted by atomic mass is 10.1. The van der Waals surface area contributed by atoms with Crippen LogP contribution in [0.3, 0.4) is 0 Å². The quantitative estimate of drug-likeness (QED) is 0.695. The highest BCUT2D eigenvalue weighted by Crippen LogP contribution is 2.40. The first-order valence-corrected chi connectivity index (χ1v) is 8.12. The van der Waals surface area contributed by atoms with Crippen LogP contribution in [-0.2, 0) is 0 Å². The summed E-state index contributed by atoms with van der Waals surface area (Å²) >= 11 is 12.6. The molecule has 118 valence electrons. The van der Waals surface area contributed by atoms with E-state index < -0.39 is 5.82 Å². The minimum Gasteiger partial charge on any atom is -0.369 e. The molecule has 1 aromatic carbocycles. The minimum atomic E-state index is -0.442. The maximum atomic E-state index is 14.4. The first-order chi connectivity index (χ1) is 11.1. The van der Waals surface area contributed by atoms with E-state index >= 15 is 0 Å². The van der Waals surface area contributed by atoms with Gasteiger partial charge in [-0.25, -0.2) is 9.37 Å². The number of rotatable bonds is 4. The molecule has 0 amide bonds. The smallest absolute Gasteiger partial charge is 0.159 e. The summed E-state index contributed by atoms with van der Waals surface area (Å²) in [6.07, 6.45) is 4.03. The van der Waals surface area contributed by atoms with Crippen LogP contribution in [0.1, 0.15) is 12.8 Å². The minimum absolute atomic E-state index is 0.197. The highest BCUT2D eigenvalue weighted by Gasteiger charge is 2.25. The third-order valence-corrected chi connectivity index (χ3v) is 4.55. The van der Waals surface area contributed by atoms with E-state index in [4.69, 9.17) is 23.2 Å². The fourth-order valence-electron chi connectivity index (χ4n) is 2.60. The zero-order valence-corrected chi connectivity index (χ0v) is 13.6. The van der Waals surface area contributed by atoms with Crippen molar-refractivity contribution >= 4 is 34.7 Å². The summed E-state index contributed by atoms with van der Waals surface area (Å²) in [7, 11) is 0. The molecule has 2 aromatic heterocycles. The normalized spacial score (nSPS) is 14.4. The van der Waals surface area contributed by atoms with Crippen LogP contribution < -0.4 is 5.32 Å². The van der Waals surface area contributed by atoms with E-state index in [9.17, 15) is 4.39 Å². The fourth-order valence-corrected chi connectivity index (χ4v) is 3.13. The van der Waals surface area contributed by atoms with Gasteiger partial charge in [0.25, 0.3) is 0 Å². The Hall–Kier alpha value is -1.85. The zero-order valence-electron chi connectivity index (χ0n) is 12.1. The molecule has 0 unspecified atom stereocenters. The van der Waals surface area contributed by atoms with Gasteiger partial charge in [0, 0.05) is 18.2 Å². The standard InChI is InChI=1S/C16H13Cl2FN4/c17-10-2-1-3-11(19)13(10)14-15(18)22-12-6-7-21-23(12)16(14)20-8-9-4-5-9/h1-3,6-7,9,20H,4-5,8H2. The second-order valence-corrected chi connectivity index (χ2v) is 6.41. The van der Waals surface area contributed by atoms with Gasteiger partial charge in [-0.15, -0.1) is 0 Å². The molecule has 4 rings (SSSR count). The highest BCUT2D eigenvalue weighted by molar-refractivity contribution is 6.36. The predicted molar refractivity (Wildman–Crippen MR) is 89.6 cm³/mol. The lowest BCUT2D eigenvalue weighted by molar-refractivity contribution is 0.631. The van der Waals surface area contributed by atoms with Crippen LogP contribution in [0.2, 0.25) is 10.2 Å². The Bertz CT molecular complexity index is 869. The predicted octanol–water partition coefficient (Wildman–Crippen LogP) is 4.66. The van der Waals surface area contributed by atoms with Crippen LogP contribution in [0.25, 0.3) is 16.8 Å². The van der Waals surface area contributed by atoms with Crippen LogP contribution in [-0.4, -0.2) is 21.1 Å². The van der Waals surface area contributed by atoms with Gasteiger partial charge >= 0.3 is 0 Å². The van der Waals surface area contributed by atoms with Crippen molar-refractivity contribution < 1.29 is 4.39 Å². The van der Waals surface area contributed by atoms with Crippen LogP contribution in [0.15, 0.2) is 30.5 Å². The Morgan fingerprint density at radius 2 is 2.04 bits per heavy atom. The van der Waals surface area contributed by atoms with Gasteiger partial charge in [0.15, 0.2) is 5.65 Å². The van der Waals surface area contributed by atoms with Crippen molar-refractivity contribution in [1.82, 2.24) is 14.6 Å². The van der Waals surface area contributed by atoms with Crippen molar-refractivity contribution in [3.05, 3.63) is 46.5 Å². The van der Waals surface area contributed by atoms with Gasteiger partial charge in [-0.3, -0.25) is 0 Å². The molecule has 4 nitrogen and oxygen atoms in total. The van der Waals surface area contributed by atoms with Crippen LogP contribution in [0.4, 0.5) is 10.2 Å². The lowest BCUT2D eigenvalue weighted by Gasteiger charge is -2.16. The number of anilines is 1. The molecule has 2 heterocycles. The van der Waals surface area contributed by atoms with E-state index in [0.717, 1.165) is 6.54 Å². The molecule has 1 aliphatic carbocycles. The third-order valence-electron chi connectivity index (χ3n) is 3.96. The number of halogens is 3. The third kappa shape index (κ3) is 2.64. The molecule has 23 heavy (non-hydrogen) atoms. The van der Waals surface area contributed by atoms with Crippen molar-refractivity contribution in [2.45, 2.75) is 12.8 Å². The number of hydrogen-bond acceptors (Lipinski definition) is 3. The molecule has 1 fully saturated rings. The SMILES string of the molecule is Fc1cccc(Cl)c1-c1c(Cl)nc2ccnn2c1NCC1CC1. The molecule has 0 atom stereocenters. The van der Waals surface area contributed by atoms with Crippen LogP contribution in [0.5, 0.6) is 0 Å². The first kappa shape index (κ1) is 14.7. The van der Waals surface area contributed by atoms with E-state index in [1.54, 1.807) is 28.9 Å². The molecule has 0 radical (unpaired) electrons. The van der Waals surface area contributed by atoms with Gasteiger partial charge in [-0.05, 0) is 30.9 Å². The number of benzene rings is 1. The molecule has 3 aromatic rings. The van der Waals surface area contributed by atoms with Crippen LogP contribution in [0, 0.1) is 11.7 Å². The molecule has 0 aliphatic heterocycles. The molecular weight excluding hydrogens is 338 g/mol. The molecule has 1 N–H and O–H groups in total. The summed E-state index contributed by atoms with van der Waals surface area (Å²) in [5.74, 6) is 0.808. The van der Waals surface area contributed by atoms with E-state index in [-0.39, 0.29) is 15.7 Å². The van der Waals surface area contributed by atoms with Gasteiger partial charge in [0.05, 0.1) is 16.8 Å². The van der Waals surface area contributed by atoms with Crippen molar-refractivity contribution in [2.24, 2.45) is 5.92 Å². The van der Waals surface area contributed by atoms with E-state index in [1.165, 1.54) is 18.9 Å². The van der Waals surface area contributed by atoms with E-state index in [0.29, 0.717) is 22.9 Å². The van der Waals surface area contributed by atoms with Gasteiger partial charge < -0.3 is 5.32 Å². The van der Waals surface area contributed by atoms with Crippen molar-refractivity contribution in [3.63, 3.8) is 0 Å². The molecule has 1 saturated carbocycles. The summed E-state index contributed by atoms with van der Waals surface area (Å²) < 4.78 is 16.0. The molecule has 0 spiro atoms. The maximum Gasteiger partial charge on any atom is 0.159 e. The summed E-state index contributed by atoms with van der Waals surface area (Å²) in [6, 6.07) is 6.30. The summed E-state index contributed by atoms with van der Waals surface area (Å²) in [4.78, 5) is 4.30. The Kier molecular flexibility index (Phi) is 3.62. The number of aromatic nitrogens is 3. The summed E-state index contributed by atoms with van der Waals surface area (Å²) in [5, 5.41) is 8.10. The molecular formula is C16H13Cl2FN4. The van der Waals surface area contributed by atoms with E-state index in [2.05, 4.69) is 15.4 Å². The van der Waals surface area contributed by atoms with Crippen molar-refractivity contribution in [2.75, 3.05) is 11.9 Å². The summed E-state index contributed by atoms with van der Waals surface area (Å²) in [5.41, 5.74) is 1.28. The zero-order chi connectivity index (χ0) is 16.0. The Morgan fingerprint density at radius 3 is 2.78 bits per heavy atom. The number of nitrogens with zero attached hydrogens (tertiary/aromatic N) is 3. The number of fused-ring (bicyclic) bond motifs is 1. The first-order valence-electron chi connectivity index (χ1n) is 7.36. The van der Waals surface area contributed by atoms with Crippen LogP contribution >= 0.6 is 23.2 Å². The summed E-state index contributed by atoms with van der Waals surface area (Å²) in [6.45, 7) is 0.786. The maximum absolute atomic E-state index is 14.4. The fraction of sp³-hybridized carbons (Fsp3) is 0.250. The molecule has 7 heteroatoms. The highest BCUT2D eigenvalue weighted by atomic mass is 35.5. The monoisotopic (exact) mass is 350 g/mol. The van der Waals surface area contributed by atoms with Gasteiger partial charge in [0.1, 0.15) is 16.8 Å². The van der Waals surface area contributed by atoms with Crippen molar-refractivity contribution in [1.29, 1.82) is 0 Å².